The van der Waals surface area contributed by atoms with Crippen molar-refractivity contribution < 1.29 is 10.2 Å². The van der Waals surface area contributed by atoms with Crippen LogP contribution in [0.2, 0.25) is 0 Å². The monoisotopic (exact) mass is 330 g/mol. The van der Waals surface area contributed by atoms with E-state index in [1.165, 1.54) is 0 Å². The molecule has 24 heavy (non-hydrogen) atoms. The highest BCUT2D eigenvalue weighted by molar-refractivity contribution is 5.42. The Morgan fingerprint density at radius 3 is 2.58 bits per heavy atom. The zero-order valence-electron chi connectivity index (χ0n) is 14.2. The maximum absolute atomic E-state index is 10.4. The molecule has 0 bridgehead atoms. The molecule has 1 saturated carbocycles. The van der Waals surface area contributed by atoms with Crippen molar-refractivity contribution in [1.29, 1.82) is 5.26 Å². The highest BCUT2D eigenvalue weighted by atomic mass is 16.3. The van der Waals surface area contributed by atoms with Crippen LogP contribution in [-0.4, -0.2) is 64.5 Å². The highest BCUT2D eigenvalue weighted by Crippen LogP contribution is 2.41. The molecule has 2 atom stereocenters. The molecular weight excluding hydrogens is 304 g/mol. The normalized spacial score (nSPS) is 22.7. The molecule has 1 aromatic rings. The van der Waals surface area contributed by atoms with E-state index in [1.54, 1.807) is 12.3 Å². The summed E-state index contributed by atoms with van der Waals surface area (Å²) >= 11 is 0. The van der Waals surface area contributed by atoms with E-state index in [-0.39, 0.29) is 0 Å². The minimum atomic E-state index is -0.729. The second-order valence-corrected chi connectivity index (χ2v) is 7.29. The van der Waals surface area contributed by atoms with Gasteiger partial charge < -0.3 is 15.1 Å². The second-order valence-electron chi connectivity index (χ2n) is 7.29. The Hall–Kier alpha value is -1.68. The van der Waals surface area contributed by atoms with Gasteiger partial charge in [-0.15, -0.1) is 0 Å². The summed E-state index contributed by atoms with van der Waals surface area (Å²) in [5.74, 6) is 1.26. The van der Waals surface area contributed by atoms with Gasteiger partial charge in [0.25, 0.3) is 0 Å². The number of pyridine rings is 1. The maximum Gasteiger partial charge on any atom is 0.128 e. The Balaban J connectivity index is 1.45. The lowest BCUT2D eigenvalue weighted by molar-refractivity contribution is -0.0227. The van der Waals surface area contributed by atoms with Crippen LogP contribution in [0.15, 0.2) is 18.3 Å². The van der Waals surface area contributed by atoms with Crippen molar-refractivity contribution in [3.05, 3.63) is 23.9 Å². The van der Waals surface area contributed by atoms with Crippen molar-refractivity contribution in [1.82, 2.24) is 9.88 Å². The van der Waals surface area contributed by atoms with Crippen LogP contribution in [-0.2, 0) is 0 Å². The molecule has 1 aromatic heterocycles. The molecule has 0 amide bonds. The Labute approximate surface area is 143 Å². The van der Waals surface area contributed by atoms with Gasteiger partial charge in [0.2, 0.25) is 0 Å². The van der Waals surface area contributed by atoms with Crippen molar-refractivity contribution in [2.24, 2.45) is 5.92 Å². The average molecular weight is 330 g/mol. The smallest absolute Gasteiger partial charge is 0.128 e. The van der Waals surface area contributed by atoms with Gasteiger partial charge in [-0.25, -0.2) is 4.98 Å². The summed E-state index contributed by atoms with van der Waals surface area (Å²) in [6.45, 7) is 5.89. The third-order valence-corrected chi connectivity index (χ3v) is 5.15. The maximum atomic E-state index is 10.4. The lowest BCUT2D eigenvalue weighted by Crippen LogP contribution is -2.49. The van der Waals surface area contributed by atoms with Crippen LogP contribution in [0, 0.1) is 17.2 Å². The fraction of sp³-hybridized carbons (Fsp3) is 0.667. The summed E-state index contributed by atoms with van der Waals surface area (Å²) < 4.78 is 0. The standard InChI is InChI=1S/C18H26N4O2/c1-18(24,15-3-4-15)10-16(23)13-21-6-8-22(9-7-21)17-5-2-14(11-19)12-20-17/h2,5,12,15-16,23-24H,3-4,6-10,13H2,1H3. The van der Waals surface area contributed by atoms with Crippen LogP contribution >= 0.6 is 0 Å². The van der Waals surface area contributed by atoms with Gasteiger partial charge in [-0.3, -0.25) is 4.90 Å². The molecule has 0 aromatic carbocycles. The quantitative estimate of drug-likeness (QED) is 0.809. The number of nitrogens with zero attached hydrogens (tertiary/aromatic N) is 4. The van der Waals surface area contributed by atoms with Crippen LogP contribution in [0.3, 0.4) is 0 Å². The number of nitriles is 1. The topological polar surface area (TPSA) is 83.6 Å². The number of rotatable bonds is 6. The van der Waals surface area contributed by atoms with E-state index >= 15 is 0 Å². The first-order chi connectivity index (χ1) is 11.5. The number of β-amino-alcohol motifs (C(OH)–C–C–N with tert-alkyl or cyclic N) is 1. The molecule has 6 nitrogen and oxygen atoms in total. The van der Waals surface area contributed by atoms with Crippen LogP contribution in [0.25, 0.3) is 0 Å². The Kier molecular flexibility index (Phi) is 5.04. The number of aromatic nitrogens is 1. The fourth-order valence-electron chi connectivity index (χ4n) is 3.51. The number of piperazine rings is 1. The Morgan fingerprint density at radius 1 is 1.33 bits per heavy atom. The van der Waals surface area contributed by atoms with Gasteiger partial charge in [0.15, 0.2) is 0 Å². The molecule has 3 rings (SSSR count). The zero-order chi connectivity index (χ0) is 17.2. The lowest BCUT2D eigenvalue weighted by atomic mass is 9.93. The number of aliphatic hydroxyl groups excluding tert-OH is 1. The van der Waals surface area contributed by atoms with E-state index in [1.807, 2.05) is 13.0 Å². The van der Waals surface area contributed by atoms with E-state index in [4.69, 9.17) is 5.26 Å². The molecule has 1 aliphatic heterocycles. The molecule has 2 aliphatic rings. The van der Waals surface area contributed by atoms with Crippen molar-refractivity contribution in [3.63, 3.8) is 0 Å². The molecule has 0 spiro atoms. The molecule has 6 heteroatoms. The van der Waals surface area contributed by atoms with E-state index in [9.17, 15) is 10.2 Å². The third kappa shape index (κ3) is 4.23. The molecule has 2 fully saturated rings. The lowest BCUT2D eigenvalue weighted by Gasteiger charge is -2.37. The molecule has 2 N–H and O–H groups in total. The van der Waals surface area contributed by atoms with Crippen LogP contribution in [0.4, 0.5) is 5.82 Å². The summed E-state index contributed by atoms with van der Waals surface area (Å²) in [6, 6.07) is 5.75. The van der Waals surface area contributed by atoms with Gasteiger partial charge in [-0.1, -0.05) is 0 Å². The molecule has 2 unspecified atom stereocenters. The first-order valence-electron chi connectivity index (χ1n) is 8.72. The summed E-state index contributed by atoms with van der Waals surface area (Å²) in [6.07, 6.45) is 3.73. The number of anilines is 1. The number of hydrogen-bond acceptors (Lipinski definition) is 6. The Bertz CT molecular complexity index is 584. The molecule has 2 heterocycles. The van der Waals surface area contributed by atoms with Crippen LogP contribution in [0.1, 0.15) is 31.7 Å². The van der Waals surface area contributed by atoms with Crippen molar-refractivity contribution >= 4 is 5.82 Å². The summed E-state index contributed by atoms with van der Waals surface area (Å²) in [4.78, 5) is 8.78. The zero-order valence-corrected chi connectivity index (χ0v) is 14.2. The van der Waals surface area contributed by atoms with E-state index in [0.29, 0.717) is 24.4 Å². The van der Waals surface area contributed by atoms with Gasteiger partial charge in [0.05, 0.1) is 17.3 Å². The molecular formula is C18H26N4O2. The van der Waals surface area contributed by atoms with Crippen molar-refractivity contribution in [3.8, 4) is 6.07 Å². The molecule has 130 valence electrons. The van der Waals surface area contributed by atoms with Crippen LogP contribution < -0.4 is 4.90 Å². The predicted octanol–water partition coefficient (Wildman–Crippen LogP) is 0.987. The molecule has 1 aliphatic carbocycles. The van der Waals surface area contributed by atoms with Gasteiger partial charge in [-0.2, -0.15) is 5.26 Å². The predicted molar refractivity (Wildman–Crippen MR) is 91.6 cm³/mol. The minimum absolute atomic E-state index is 0.367. The third-order valence-electron chi connectivity index (χ3n) is 5.15. The average Bonchev–Trinajstić information content (AvgIpc) is 3.41. The molecule has 1 saturated heterocycles. The molecule has 0 radical (unpaired) electrons. The first-order valence-corrected chi connectivity index (χ1v) is 8.72. The van der Waals surface area contributed by atoms with Crippen molar-refractivity contribution in [2.75, 3.05) is 37.6 Å². The number of hydrogen-bond donors (Lipinski definition) is 2. The highest BCUT2D eigenvalue weighted by Gasteiger charge is 2.41. The fourth-order valence-corrected chi connectivity index (χ4v) is 3.51. The SMILES string of the molecule is CC(O)(CC(O)CN1CCN(c2ccc(C#N)cn2)CC1)C1CC1. The second kappa shape index (κ2) is 7.06. The first kappa shape index (κ1) is 17.2. The van der Waals surface area contributed by atoms with E-state index in [0.717, 1.165) is 44.8 Å². The van der Waals surface area contributed by atoms with Crippen LogP contribution in [0.5, 0.6) is 0 Å². The van der Waals surface area contributed by atoms with E-state index < -0.39 is 11.7 Å². The van der Waals surface area contributed by atoms with Crippen molar-refractivity contribution in [2.45, 2.75) is 37.9 Å². The number of aliphatic hydroxyl groups is 2. The van der Waals surface area contributed by atoms with Gasteiger partial charge >= 0.3 is 0 Å². The van der Waals surface area contributed by atoms with E-state index in [2.05, 4.69) is 20.9 Å². The largest absolute Gasteiger partial charge is 0.392 e. The van der Waals surface area contributed by atoms with Gasteiger partial charge in [-0.05, 0) is 37.8 Å². The summed E-state index contributed by atoms with van der Waals surface area (Å²) in [5, 5.41) is 29.5. The minimum Gasteiger partial charge on any atom is -0.392 e. The Morgan fingerprint density at radius 2 is 2.04 bits per heavy atom. The summed E-state index contributed by atoms with van der Waals surface area (Å²) in [5.41, 5.74) is -0.156. The summed E-state index contributed by atoms with van der Waals surface area (Å²) in [7, 11) is 0. The van der Waals surface area contributed by atoms with Gasteiger partial charge in [0, 0.05) is 45.3 Å². The van der Waals surface area contributed by atoms with Gasteiger partial charge in [0.1, 0.15) is 11.9 Å².